The molecule has 0 saturated heterocycles. The van der Waals surface area contributed by atoms with Crippen LogP contribution in [0.4, 0.5) is 0 Å². The van der Waals surface area contributed by atoms with Crippen molar-refractivity contribution in [2.45, 2.75) is 3.79 Å². The SMILES string of the molecule is O=S(=O)([O-])CC(Cl)(Cl)Cl. The van der Waals surface area contributed by atoms with Gasteiger partial charge in [-0.3, -0.25) is 0 Å². The summed E-state index contributed by atoms with van der Waals surface area (Å²) in [4.78, 5) is 0. The number of hydrogen-bond acceptors (Lipinski definition) is 3. The second kappa shape index (κ2) is 2.80. The minimum atomic E-state index is -4.43. The van der Waals surface area contributed by atoms with E-state index in [1.165, 1.54) is 0 Å². The summed E-state index contributed by atoms with van der Waals surface area (Å²) in [7, 11) is -4.43. The lowest BCUT2D eigenvalue weighted by atomic mass is 10.9. The summed E-state index contributed by atoms with van der Waals surface area (Å²) in [6.07, 6.45) is 0. The van der Waals surface area contributed by atoms with Gasteiger partial charge < -0.3 is 4.55 Å². The quantitative estimate of drug-likeness (QED) is 0.479. The van der Waals surface area contributed by atoms with Crippen LogP contribution in [0.3, 0.4) is 0 Å². The van der Waals surface area contributed by atoms with Crippen LogP contribution >= 0.6 is 34.8 Å². The highest BCUT2D eigenvalue weighted by Crippen LogP contribution is 2.26. The van der Waals surface area contributed by atoms with Gasteiger partial charge in [-0.05, 0) is 0 Å². The molecule has 0 aliphatic carbocycles. The second-order valence-corrected chi connectivity index (χ2v) is 5.24. The van der Waals surface area contributed by atoms with Crippen molar-refractivity contribution in [3.05, 3.63) is 0 Å². The molecule has 0 aromatic carbocycles. The summed E-state index contributed by atoms with van der Waals surface area (Å²) in [5.74, 6) is -0.995. The van der Waals surface area contributed by atoms with E-state index in [1.807, 2.05) is 0 Å². The van der Waals surface area contributed by atoms with E-state index in [4.69, 9.17) is 34.8 Å². The molecule has 7 heteroatoms. The molecule has 0 rings (SSSR count). The van der Waals surface area contributed by atoms with Gasteiger partial charge in [0.25, 0.3) is 0 Å². The Kier molecular flexibility index (Phi) is 3.04. The molecular formula is C2H2Cl3O3S-. The van der Waals surface area contributed by atoms with E-state index in [2.05, 4.69) is 0 Å². The van der Waals surface area contributed by atoms with Crippen LogP contribution in [0.5, 0.6) is 0 Å². The topological polar surface area (TPSA) is 57.2 Å². The fourth-order valence-corrected chi connectivity index (χ4v) is 1.80. The van der Waals surface area contributed by atoms with Gasteiger partial charge in [0.1, 0.15) is 0 Å². The Bertz CT molecular complexity index is 178. The maximum atomic E-state index is 9.84. The Hall–Kier alpha value is 0.780. The second-order valence-electron chi connectivity index (χ2n) is 1.32. The Balaban J connectivity index is 4.07. The van der Waals surface area contributed by atoms with E-state index < -0.39 is 19.7 Å². The summed E-state index contributed by atoms with van der Waals surface area (Å²) in [5.41, 5.74) is 0. The molecule has 0 aromatic rings. The molecule has 0 unspecified atom stereocenters. The molecule has 0 aliphatic rings. The van der Waals surface area contributed by atoms with Gasteiger partial charge in [-0.15, -0.1) is 0 Å². The fraction of sp³-hybridized carbons (Fsp3) is 1.00. The van der Waals surface area contributed by atoms with Crippen LogP contribution in [0.15, 0.2) is 0 Å². The zero-order chi connectivity index (χ0) is 7.71. The van der Waals surface area contributed by atoms with Crippen molar-refractivity contribution >= 4 is 44.9 Å². The fourth-order valence-electron chi connectivity index (χ4n) is 0.200. The molecule has 0 heterocycles. The third-order valence-electron chi connectivity index (χ3n) is 0.340. The van der Waals surface area contributed by atoms with Gasteiger partial charge >= 0.3 is 0 Å². The summed E-state index contributed by atoms with van der Waals surface area (Å²) in [6.45, 7) is 0. The molecule has 0 bridgehead atoms. The zero-order valence-electron chi connectivity index (χ0n) is 3.97. The molecule has 0 amide bonds. The smallest absolute Gasteiger partial charge is 0.203 e. The van der Waals surface area contributed by atoms with Crippen LogP contribution in [0.1, 0.15) is 0 Å². The van der Waals surface area contributed by atoms with E-state index in [9.17, 15) is 13.0 Å². The van der Waals surface area contributed by atoms with Crippen molar-refractivity contribution in [2.24, 2.45) is 0 Å². The molecule has 9 heavy (non-hydrogen) atoms. The number of halogens is 3. The first-order chi connectivity index (χ1) is 3.71. The Morgan fingerprint density at radius 3 is 1.67 bits per heavy atom. The van der Waals surface area contributed by atoms with Gasteiger partial charge in [0.2, 0.25) is 3.79 Å². The van der Waals surface area contributed by atoms with Crippen molar-refractivity contribution in [1.29, 1.82) is 0 Å². The largest absolute Gasteiger partial charge is 0.748 e. The maximum Gasteiger partial charge on any atom is 0.203 e. The number of hydrogen-bond donors (Lipinski definition) is 0. The third kappa shape index (κ3) is 8.78. The normalized spacial score (nSPS) is 13.8. The van der Waals surface area contributed by atoms with Crippen LogP contribution in [0, 0.1) is 0 Å². The predicted octanol–water partition coefficient (Wildman–Crippen LogP) is 0.902. The van der Waals surface area contributed by atoms with Crippen molar-refractivity contribution in [2.75, 3.05) is 5.75 Å². The zero-order valence-corrected chi connectivity index (χ0v) is 7.06. The molecule has 0 fully saturated rings. The highest BCUT2D eigenvalue weighted by molar-refractivity contribution is 7.86. The van der Waals surface area contributed by atoms with Gasteiger partial charge in [0, 0.05) is 0 Å². The minimum absolute atomic E-state index is 0.995. The molecular weight excluding hydrogens is 210 g/mol. The lowest BCUT2D eigenvalue weighted by molar-refractivity contribution is 0.463. The Morgan fingerprint density at radius 1 is 1.33 bits per heavy atom. The van der Waals surface area contributed by atoms with Gasteiger partial charge in [-0.1, -0.05) is 34.8 Å². The lowest BCUT2D eigenvalue weighted by Crippen LogP contribution is -2.18. The van der Waals surface area contributed by atoms with E-state index in [-0.39, 0.29) is 0 Å². The maximum absolute atomic E-state index is 9.84. The molecule has 56 valence electrons. The average molecular weight is 212 g/mol. The molecule has 0 saturated carbocycles. The Labute approximate surface area is 67.6 Å². The molecule has 0 spiro atoms. The van der Waals surface area contributed by atoms with Crippen molar-refractivity contribution < 1.29 is 13.0 Å². The van der Waals surface area contributed by atoms with Crippen molar-refractivity contribution in [1.82, 2.24) is 0 Å². The van der Waals surface area contributed by atoms with Crippen LogP contribution in [-0.4, -0.2) is 22.5 Å². The molecule has 0 N–H and O–H groups in total. The highest BCUT2D eigenvalue weighted by atomic mass is 35.6. The molecule has 0 radical (unpaired) electrons. The van der Waals surface area contributed by atoms with Crippen LogP contribution in [0.25, 0.3) is 0 Å². The summed E-state index contributed by atoms with van der Waals surface area (Å²) in [5, 5.41) is 0. The molecule has 3 nitrogen and oxygen atoms in total. The van der Waals surface area contributed by atoms with Gasteiger partial charge in [-0.25, -0.2) is 8.42 Å². The first-order valence-corrected chi connectivity index (χ1v) is 4.42. The van der Waals surface area contributed by atoms with Crippen molar-refractivity contribution in [3.63, 3.8) is 0 Å². The highest BCUT2D eigenvalue weighted by Gasteiger charge is 2.22. The van der Waals surface area contributed by atoms with Gasteiger partial charge in [0.15, 0.2) is 0 Å². The van der Waals surface area contributed by atoms with Crippen LogP contribution in [0.2, 0.25) is 0 Å². The molecule has 0 aliphatic heterocycles. The monoisotopic (exact) mass is 211 g/mol. The first kappa shape index (κ1) is 9.78. The number of alkyl halides is 3. The number of rotatable bonds is 1. The minimum Gasteiger partial charge on any atom is -0.748 e. The lowest BCUT2D eigenvalue weighted by Gasteiger charge is -2.12. The molecule has 0 aromatic heterocycles. The van der Waals surface area contributed by atoms with Gasteiger partial charge in [0.05, 0.1) is 15.9 Å². The summed E-state index contributed by atoms with van der Waals surface area (Å²) >= 11 is 14.9. The van der Waals surface area contributed by atoms with E-state index in [1.54, 1.807) is 0 Å². The predicted molar refractivity (Wildman–Crippen MR) is 34.9 cm³/mol. The van der Waals surface area contributed by atoms with Gasteiger partial charge in [-0.2, -0.15) is 0 Å². The van der Waals surface area contributed by atoms with Crippen molar-refractivity contribution in [3.8, 4) is 0 Å². The van der Waals surface area contributed by atoms with Crippen LogP contribution in [-0.2, 0) is 10.1 Å². The molecule has 0 atom stereocenters. The van der Waals surface area contributed by atoms with E-state index in [0.717, 1.165) is 0 Å². The van der Waals surface area contributed by atoms with Crippen LogP contribution < -0.4 is 0 Å². The summed E-state index contributed by atoms with van der Waals surface area (Å²) in [6, 6.07) is 0. The summed E-state index contributed by atoms with van der Waals surface area (Å²) < 4.78 is 27.5. The Morgan fingerprint density at radius 2 is 1.67 bits per heavy atom. The average Bonchev–Trinajstić information content (AvgIpc) is 1.14. The standard InChI is InChI=1S/C2H3Cl3O3S/c3-2(4,5)1-9(6,7)8/h1H2,(H,6,7,8)/p-1. The third-order valence-corrected chi connectivity index (χ3v) is 2.00. The van der Waals surface area contributed by atoms with E-state index >= 15 is 0 Å². The first-order valence-electron chi connectivity index (χ1n) is 1.71. The van der Waals surface area contributed by atoms with E-state index in [0.29, 0.717) is 0 Å².